The zero-order chi connectivity index (χ0) is 57.3. The van der Waals surface area contributed by atoms with Crippen molar-refractivity contribution >= 4 is 78.9 Å². The number of piperidine rings is 2. The molecule has 424 valence electrons. The molecule has 4 aliphatic heterocycles. The van der Waals surface area contributed by atoms with Crippen molar-refractivity contribution in [2.45, 2.75) is 76.3 Å². The molecule has 11 rings (SSSR count). The maximum absolute atomic E-state index is 14.1. The predicted octanol–water partition coefficient (Wildman–Crippen LogP) is 8.76. The zero-order valence-corrected chi connectivity index (χ0v) is 47.2. The predicted molar refractivity (Wildman–Crippen MR) is 312 cm³/mol. The summed E-state index contributed by atoms with van der Waals surface area (Å²) in [6.45, 7) is 11.1. The number of aromatic nitrogens is 2. The third-order valence-corrected chi connectivity index (χ3v) is 18.0. The lowest BCUT2D eigenvalue weighted by Crippen LogP contribution is -2.52. The topological polar surface area (TPSA) is 233 Å². The molecule has 1 atom stereocenters. The summed E-state index contributed by atoms with van der Waals surface area (Å²) in [5.41, 5.74) is 7.16. The second kappa shape index (κ2) is 23.4. The molecule has 6 heterocycles. The van der Waals surface area contributed by atoms with Crippen LogP contribution in [-0.2, 0) is 26.2 Å². The minimum atomic E-state index is -4.64. The van der Waals surface area contributed by atoms with Crippen LogP contribution in [0.25, 0.3) is 16.6 Å². The number of pyridine rings is 1. The first kappa shape index (κ1) is 55.8. The molecule has 4 aromatic carbocycles. The number of likely N-dealkylation sites (tertiary alicyclic amines) is 1. The lowest BCUT2D eigenvalue weighted by atomic mass is 9.72. The van der Waals surface area contributed by atoms with Crippen molar-refractivity contribution in [3.8, 4) is 23.3 Å². The zero-order valence-electron chi connectivity index (χ0n) is 45.6. The summed E-state index contributed by atoms with van der Waals surface area (Å²) < 4.78 is 36.4. The molecule has 0 spiro atoms. The Morgan fingerprint density at radius 3 is 2.49 bits per heavy atom. The molecule has 0 saturated carbocycles. The lowest BCUT2D eigenvalue weighted by Gasteiger charge is -2.39. The van der Waals surface area contributed by atoms with E-state index in [1.54, 1.807) is 30.5 Å². The van der Waals surface area contributed by atoms with Crippen molar-refractivity contribution in [2.75, 3.05) is 69.1 Å². The molecule has 19 nitrogen and oxygen atoms in total. The second-order valence-corrected chi connectivity index (χ2v) is 24.7. The van der Waals surface area contributed by atoms with Crippen molar-refractivity contribution in [3.63, 3.8) is 0 Å². The molecule has 82 heavy (non-hydrogen) atoms. The number of nitro groups is 1. The van der Waals surface area contributed by atoms with Gasteiger partial charge in [0.25, 0.3) is 27.5 Å². The van der Waals surface area contributed by atoms with Crippen LogP contribution in [0.3, 0.4) is 0 Å². The molecule has 2 aromatic heterocycles. The SMILES string of the molecule is CC1(C)CCC(CN2CCN(c3ccc(C(=O)NS(=O)(=O)c4ccc(NCC5CCN(CC#Cc6cccc7c6C(=O)N(C6CCC(=O)NC6=O)C7)CC5)c([N+](=O)[O-])c4)c(Oc4cnc5[nH]ccc5c4)c3)CC2)=C(c2ccc(Cl)cc2)C1. The molecule has 6 aromatic rings. The minimum absolute atomic E-state index is 0.0659. The smallest absolute Gasteiger partial charge is 0.293 e. The van der Waals surface area contributed by atoms with Gasteiger partial charge in [-0.25, -0.2) is 18.1 Å². The molecule has 1 unspecified atom stereocenters. The first-order chi connectivity index (χ1) is 39.4. The maximum atomic E-state index is 14.1. The van der Waals surface area contributed by atoms with Crippen molar-refractivity contribution in [3.05, 3.63) is 152 Å². The highest BCUT2D eigenvalue weighted by atomic mass is 35.5. The van der Waals surface area contributed by atoms with Gasteiger partial charge >= 0.3 is 0 Å². The Hall–Kier alpha value is -8.09. The maximum Gasteiger partial charge on any atom is 0.293 e. The van der Waals surface area contributed by atoms with Gasteiger partial charge in [-0.1, -0.05) is 67.1 Å². The second-order valence-electron chi connectivity index (χ2n) is 22.6. The number of sulfonamides is 1. The van der Waals surface area contributed by atoms with E-state index in [-0.39, 0.29) is 59.5 Å². The highest BCUT2D eigenvalue weighted by Crippen LogP contribution is 2.44. The number of hydrogen-bond acceptors (Lipinski definition) is 14. The number of halogens is 1. The van der Waals surface area contributed by atoms with Crippen LogP contribution < -0.4 is 25.0 Å². The number of carbonyl (C=O) groups excluding carboxylic acids is 4. The molecule has 3 saturated heterocycles. The van der Waals surface area contributed by atoms with Crippen LogP contribution in [0.1, 0.15) is 96.2 Å². The number of H-pyrrole nitrogens is 1. The van der Waals surface area contributed by atoms with E-state index in [4.69, 9.17) is 16.3 Å². The van der Waals surface area contributed by atoms with Gasteiger partial charge in [0.2, 0.25) is 11.8 Å². The number of carbonyl (C=O) groups is 4. The normalized spacial score (nSPS) is 18.9. The van der Waals surface area contributed by atoms with Gasteiger partial charge in [-0.2, -0.15) is 0 Å². The highest BCUT2D eigenvalue weighted by molar-refractivity contribution is 7.90. The quantitative estimate of drug-likeness (QED) is 0.0326. The largest absolute Gasteiger partial charge is 0.455 e. The van der Waals surface area contributed by atoms with Crippen LogP contribution in [0.15, 0.2) is 114 Å². The van der Waals surface area contributed by atoms with Gasteiger partial charge in [-0.05, 0) is 134 Å². The highest BCUT2D eigenvalue weighted by Gasteiger charge is 2.40. The van der Waals surface area contributed by atoms with Gasteiger partial charge in [0, 0.05) is 92.2 Å². The summed E-state index contributed by atoms with van der Waals surface area (Å²) in [6, 6.07) is 25.1. The molecule has 5 aliphatic rings. The lowest BCUT2D eigenvalue weighted by molar-refractivity contribution is -0.384. The van der Waals surface area contributed by atoms with Crippen LogP contribution in [0.2, 0.25) is 5.02 Å². The number of ether oxygens (including phenoxy) is 1. The van der Waals surface area contributed by atoms with Crippen molar-refractivity contribution in [2.24, 2.45) is 11.3 Å². The van der Waals surface area contributed by atoms with Gasteiger partial charge in [0.15, 0.2) is 0 Å². The summed E-state index contributed by atoms with van der Waals surface area (Å²) in [4.78, 5) is 79.2. The Kier molecular flexibility index (Phi) is 15.9. The third-order valence-electron chi connectivity index (χ3n) is 16.4. The van der Waals surface area contributed by atoms with Gasteiger partial charge in [0.1, 0.15) is 28.9 Å². The molecule has 21 heteroatoms. The number of allylic oxidation sites excluding steroid dienone is 1. The number of aromatic amines is 1. The fourth-order valence-electron chi connectivity index (χ4n) is 11.8. The molecule has 1 aliphatic carbocycles. The van der Waals surface area contributed by atoms with E-state index in [2.05, 4.69) is 77.8 Å². The van der Waals surface area contributed by atoms with Gasteiger partial charge in [-0.3, -0.25) is 44.4 Å². The Labute approximate surface area is 480 Å². The number of rotatable bonds is 15. The Bertz CT molecular complexity index is 3720. The molecular formula is C61H63ClN10O9S. The van der Waals surface area contributed by atoms with Gasteiger partial charge in [0.05, 0.1) is 33.7 Å². The minimum Gasteiger partial charge on any atom is -0.455 e. The summed E-state index contributed by atoms with van der Waals surface area (Å²) in [5, 5.41) is 19.5. The standard InChI is InChI=1S/C61H63ClN10O9S/c1-61(2)22-18-43(50(34-61)40-8-10-45(62)11-9-40)37-69-27-29-70(30-28-69)46-12-14-49(54(32-46)81-47-31-42-19-23-63-57(42)65-36-47)58(74)67-82(79,80)48-13-15-51(53(33-48)72(77)78)64-35-39-20-25-68(26-21-39)24-4-7-41-5-3-6-44-38-71(60(76)56(41)44)52-16-17-55(73)66-59(52)75/h3,5-6,8-15,19,23,31-33,36,39,52,64H,16-18,20-22,24-30,34-35,37-38H2,1-2H3,(H,63,65)(H,67,74)(H,66,73,75). The summed E-state index contributed by atoms with van der Waals surface area (Å²) >= 11 is 6.27. The number of imide groups is 1. The first-order valence-corrected chi connectivity index (χ1v) is 29.6. The molecule has 3 fully saturated rings. The molecule has 4 N–H and O–H groups in total. The van der Waals surface area contributed by atoms with E-state index in [0.717, 1.165) is 74.4 Å². The van der Waals surface area contributed by atoms with E-state index in [0.29, 0.717) is 66.8 Å². The summed E-state index contributed by atoms with van der Waals surface area (Å²) in [7, 11) is -4.64. The summed E-state index contributed by atoms with van der Waals surface area (Å²) in [5.74, 6) is 4.90. The van der Waals surface area contributed by atoms with Crippen LogP contribution in [0.5, 0.6) is 11.5 Å². The monoisotopic (exact) mass is 1150 g/mol. The Balaban J connectivity index is 0.719. The number of fused-ring (bicyclic) bond motifs is 2. The number of nitrogens with one attached hydrogen (secondary N) is 4. The van der Waals surface area contributed by atoms with E-state index in [1.165, 1.54) is 46.0 Å². The van der Waals surface area contributed by atoms with Crippen LogP contribution in [0.4, 0.5) is 17.1 Å². The fourth-order valence-corrected chi connectivity index (χ4v) is 12.9. The Morgan fingerprint density at radius 2 is 1.72 bits per heavy atom. The summed E-state index contributed by atoms with van der Waals surface area (Å²) in [6.07, 6.45) is 8.40. The number of hydrogen-bond donors (Lipinski definition) is 4. The van der Waals surface area contributed by atoms with Crippen LogP contribution in [0, 0.1) is 33.3 Å². The first-order valence-electron chi connectivity index (χ1n) is 27.7. The van der Waals surface area contributed by atoms with Crippen LogP contribution in [-0.4, -0.2) is 127 Å². The van der Waals surface area contributed by atoms with Gasteiger partial charge < -0.3 is 24.8 Å². The number of nitrogens with zero attached hydrogens (tertiary/aromatic N) is 6. The molecular weight excluding hydrogens is 1080 g/mol. The number of benzene rings is 4. The van der Waals surface area contributed by atoms with Crippen molar-refractivity contribution in [1.82, 2.24) is 34.7 Å². The average Bonchev–Trinajstić information content (AvgIpc) is 4.25. The van der Waals surface area contributed by atoms with E-state index in [1.807, 2.05) is 30.3 Å². The Morgan fingerprint density at radius 1 is 0.927 bits per heavy atom. The van der Waals surface area contributed by atoms with Crippen LogP contribution >= 0.6 is 11.6 Å². The third kappa shape index (κ3) is 12.4. The van der Waals surface area contributed by atoms with Crippen molar-refractivity contribution in [1.29, 1.82) is 0 Å². The van der Waals surface area contributed by atoms with E-state index >= 15 is 0 Å². The number of anilines is 2. The number of nitro benzene ring substituents is 1. The average molecular weight is 1150 g/mol. The molecule has 0 radical (unpaired) electrons. The van der Waals surface area contributed by atoms with E-state index in [9.17, 15) is 37.7 Å². The van der Waals surface area contributed by atoms with E-state index < -0.39 is 43.4 Å². The molecule has 0 bridgehead atoms. The molecule has 4 amide bonds. The number of piperazine rings is 1. The fraction of sp³-hybridized carbons (Fsp3) is 0.361. The van der Waals surface area contributed by atoms with Gasteiger partial charge in [-0.15, -0.1) is 0 Å². The number of amides is 4. The van der Waals surface area contributed by atoms with Crippen molar-refractivity contribution < 1.29 is 37.3 Å².